The van der Waals surface area contributed by atoms with Gasteiger partial charge in [-0.05, 0) is 30.3 Å². The summed E-state index contributed by atoms with van der Waals surface area (Å²) in [6, 6.07) is 10.4. The number of hydrogen-bond donors (Lipinski definition) is 0. The number of benzene rings is 2. The minimum absolute atomic E-state index is 0.00786. The zero-order chi connectivity index (χ0) is 21.3. The monoisotopic (exact) mass is 430 g/mol. The zero-order valence-corrected chi connectivity index (χ0v) is 15.7. The number of oxazole rings is 1. The molecule has 0 aliphatic rings. The molecule has 0 spiro atoms. The third-order valence-electron chi connectivity index (χ3n) is 4.06. The van der Waals surface area contributed by atoms with Crippen molar-refractivity contribution in [3.8, 4) is 11.5 Å². The molecule has 0 aliphatic heterocycles. The third-order valence-corrected chi connectivity index (χ3v) is 4.32. The van der Waals surface area contributed by atoms with Gasteiger partial charge in [-0.1, -0.05) is 11.6 Å². The predicted molar refractivity (Wildman–Crippen MR) is 102 cm³/mol. The van der Waals surface area contributed by atoms with E-state index in [9.17, 15) is 19.7 Å². The van der Waals surface area contributed by atoms with Crippen LogP contribution in [-0.4, -0.2) is 25.7 Å². The summed E-state index contributed by atoms with van der Waals surface area (Å²) >= 11 is 5.83. The van der Waals surface area contributed by atoms with Crippen molar-refractivity contribution < 1.29 is 23.3 Å². The first-order valence-electron chi connectivity index (χ1n) is 8.42. The number of halogens is 1. The van der Waals surface area contributed by atoms with Gasteiger partial charge in [0.05, 0.1) is 16.5 Å². The van der Waals surface area contributed by atoms with Crippen LogP contribution < -0.4 is 5.76 Å². The van der Waals surface area contributed by atoms with Crippen molar-refractivity contribution in [2.45, 2.75) is 13.2 Å². The van der Waals surface area contributed by atoms with Gasteiger partial charge in [-0.15, -0.1) is 10.2 Å². The molecule has 2 heterocycles. The third kappa shape index (κ3) is 3.91. The first kappa shape index (κ1) is 19.3. The Kier molecular flexibility index (Phi) is 5.02. The van der Waals surface area contributed by atoms with E-state index in [-0.39, 0.29) is 35.2 Å². The van der Waals surface area contributed by atoms with Crippen LogP contribution in [0.1, 0.15) is 5.89 Å². The molecule has 0 unspecified atom stereocenters. The summed E-state index contributed by atoms with van der Waals surface area (Å²) in [4.78, 5) is 34.3. The van der Waals surface area contributed by atoms with Crippen molar-refractivity contribution in [1.29, 1.82) is 0 Å². The molecule has 0 atom stereocenters. The fourth-order valence-electron chi connectivity index (χ4n) is 2.66. The Morgan fingerprint density at radius 1 is 1.17 bits per heavy atom. The average Bonchev–Trinajstić information content (AvgIpc) is 3.31. The van der Waals surface area contributed by atoms with Crippen molar-refractivity contribution in [3.63, 3.8) is 0 Å². The summed E-state index contributed by atoms with van der Waals surface area (Å²) < 4.78 is 16.5. The fourth-order valence-corrected chi connectivity index (χ4v) is 2.78. The molecular formula is C18H11ClN4O7. The summed E-state index contributed by atoms with van der Waals surface area (Å²) in [5.74, 6) is -1.31. The topological polar surface area (TPSA) is 144 Å². The molecule has 0 bridgehead atoms. The van der Waals surface area contributed by atoms with Crippen LogP contribution in [0.4, 0.5) is 5.69 Å². The second-order valence-corrected chi connectivity index (χ2v) is 6.47. The minimum atomic E-state index is -0.842. The molecule has 0 fully saturated rings. The number of rotatable bonds is 6. The van der Waals surface area contributed by atoms with E-state index >= 15 is 0 Å². The van der Waals surface area contributed by atoms with Crippen LogP contribution in [-0.2, 0) is 22.7 Å². The van der Waals surface area contributed by atoms with Crippen molar-refractivity contribution in [3.05, 3.63) is 74.0 Å². The lowest BCUT2D eigenvalue weighted by atomic mass is 10.2. The molecule has 2 aromatic carbocycles. The summed E-state index contributed by atoms with van der Waals surface area (Å²) in [6.45, 7) is -0.753. The van der Waals surface area contributed by atoms with E-state index in [0.29, 0.717) is 10.6 Å². The van der Waals surface area contributed by atoms with Crippen LogP contribution in [0.3, 0.4) is 0 Å². The highest BCUT2D eigenvalue weighted by molar-refractivity contribution is 6.30. The molecule has 12 heteroatoms. The first-order chi connectivity index (χ1) is 14.4. The number of hydrogen-bond acceptors (Lipinski definition) is 9. The lowest BCUT2D eigenvalue weighted by Gasteiger charge is -2.03. The van der Waals surface area contributed by atoms with Gasteiger partial charge < -0.3 is 13.6 Å². The second kappa shape index (κ2) is 7.79. The highest BCUT2D eigenvalue weighted by Crippen LogP contribution is 2.21. The Labute approximate surface area is 171 Å². The van der Waals surface area contributed by atoms with E-state index in [1.807, 2.05) is 0 Å². The van der Waals surface area contributed by atoms with E-state index in [4.69, 9.17) is 25.2 Å². The Morgan fingerprint density at radius 3 is 2.67 bits per heavy atom. The highest BCUT2D eigenvalue weighted by atomic mass is 35.5. The van der Waals surface area contributed by atoms with Gasteiger partial charge in [0.1, 0.15) is 6.54 Å². The Bertz CT molecular complexity index is 1310. The summed E-state index contributed by atoms with van der Waals surface area (Å²) in [5.41, 5.74) is 0.630. The smallest absolute Gasteiger partial charge is 0.420 e. The fraction of sp³-hybridized carbons (Fsp3) is 0.111. The van der Waals surface area contributed by atoms with E-state index in [0.717, 1.165) is 10.6 Å². The maximum atomic E-state index is 12.1. The van der Waals surface area contributed by atoms with E-state index in [1.165, 1.54) is 12.1 Å². The number of aromatic nitrogens is 3. The number of esters is 1. The average molecular weight is 431 g/mol. The maximum absolute atomic E-state index is 12.1. The summed E-state index contributed by atoms with van der Waals surface area (Å²) in [6.07, 6.45) is 0. The maximum Gasteiger partial charge on any atom is 0.420 e. The summed E-state index contributed by atoms with van der Waals surface area (Å²) in [7, 11) is 0. The van der Waals surface area contributed by atoms with Crippen molar-refractivity contribution in [1.82, 2.24) is 14.8 Å². The molecule has 0 N–H and O–H groups in total. The van der Waals surface area contributed by atoms with Crippen LogP contribution in [0.5, 0.6) is 0 Å². The van der Waals surface area contributed by atoms with Gasteiger partial charge in [0.25, 0.3) is 11.6 Å². The number of carbonyl (C=O) groups excluding carboxylic acids is 1. The number of nitrogens with zero attached hydrogens (tertiary/aromatic N) is 4. The van der Waals surface area contributed by atoms with Gasteiger partial charge in [0.15, 0.2) is 12.2 Å². The zero-order valence-electron chi connectivity index (χ0n) is 15.0. The number of ether oxygens (including phenoxy) is 1. The predicted octanol–water partition coefficient (Wildman–Crippen LogP) is 2.95. The number of nitro benzene ring substituents is 1. The molecule has 0 radical (unpaired) electrons. The Hall–Kier alpha value is -3.99. The molecule has 0 amide bonds. The van der Waals surface area contributed by atoms with E-state index in [2.05, 4.69) is 10.2 Å². The molecule has 4 aromatic rings. The van der Waals surface area contributed by atoms with Crippen LogP contribution in [0, 0.1) is 10.1 Å². The first-order valence-corrected chi connectivity index (χ1v) is 8.80. The molecule has 152 valence electrons. The standard InChI is InChI=1S/C18H11ClN4O7/c19-11-3-1-10(2-4-11)17-21-20-15(30-17)9-28-16(24)8-22-13-6-5-12(23(26)27)7-14(13)29-18(22)25/h1-7H,8-9H2. The van der Waals surface area contributed by atoms with Crippen LogP contribution in [0.2, 0.25) is 5.02 Å². The second-order valence-electron chi connectivity index (χ2n) is 6.03. The van der Waals surface area contributed by atoms with E-state index < -0.39 is 23.2 Å². The molecule has 0 aliphatic carbocycles. The van der Waals surface area contributed by atoms with Gasteiger partial charge in [-0.25, -0.2) is 4.79 Å². The summed E-state index contributed by atoms with van der Waals surface area (Å²) in [5, 5.41) is 19.1. The lowest BCUT2D eigenvalue weighted by molar-refractivity contribution is -0.384. The molecule has 4 rings (SSSR count). The number of carbonyl (C=O) groups is 1. The minimum Gasteiger partial charge on any atom is -0.454 e. The Balaban J connectivity index is 1.43. The van der Waals surface area contributed by atoms with Gasteiger partial charge in [-0.2, -0.15) is 0 Å². The largest absolute Gasteiger partial charge is 0.454 e. The number of fused-ring (bicyclic) bond motifs is 1. The van der Waals surface area contributed by atoms with Crippen LogP contribution >= 0.6 is 11.6 Å². The van der Waals surface area contributed by atoms with Gasteiger partial charge in [0.2, 0.25) is 5.89 Å². The Morgan fingerprint density at radius 2 is 1.93 bits per heavy atom. The molecule has 0 saturated carbocycles. The van der Waals surface area contributed by atoms with Crippen LogP contribution in [0.25, 0.3) is 22.6 Å². The molecule has 30 heavy (non-hydrogen) atoms. The molecule has 2 aromatic heterocycles. The molecule has 11 nitrogen and oxygen atoms in total. The van der Waals surface area contributed by atoms with Crippen molar-refractivity contribution >= 4 is 34.4 Å². The van der Waals surface area contributed by atoms with Crippen molar-refractivity contribution in [2.24, 2.45) is 0 Å². The van der Waals surface area contributed by atoms with Crippen molar-refractivity contribution in [2.75, 3.05) is 0 Å². The van der Waals surface area contributed by atoms with E-state index in [1.54, 1.807) is 24.3 Å². The SMILES string of the molecule is O=C(Cn1c(=O)oc2cc([N+](=O)[O-])ccc21)OCc1nnc(-c2ccc(Cl)cc2)o1. The highest BCUT2D eigenvalue weighted by Gasteiger charge is 2.17. The van der Waals surface area contributed by atoms with Gasteiger partial charge in [-0.3, -0.25) is 19.5 Å². The van der Waals surface area contributed by atoms with Gasteiger partial charge in [0, 0.05) is 16.7 Å². The molecule has 0 saturated heterocycles. The quantitative estimate of drug-likeness (QED) is 0.256. The number of non-ortho nitro benzene ring substituents is 1. The number of nitro groups is 1. The van der Waals surface area contributed by atoms with Crippen LogP contribution in [0.15, 0.2) is 56.1 Å². The lowest BCUT2D eigenvalue weighted by Crippen LogP contribution is -2.21. The normalized spacial score (nSPS) is 11.0. The molecular weight excluding hydrogens is 420 g/mol. The van der Waals surface area contributed by atoms with Gasteiger partial charge >= 0.3 is 11.7 Å².